The van der Waals surface area contributed by atoms with Crippen LogP contribution in [0.3, 0.4) is 0 Å². The lowest BCUT2D eigenvalue weighted by molar-refractivity contribution is 0.618. The number of aromatic nitrogens is 3. The van der Waals surface area contributed by atoms with E-state index in [-0.39, 0.29) is 0 Å². The third-order valence-corrected chi connectivity index (χ3v) is 3.01. The first-order valence-electron chi connectivity index (χ1n) is 5.63. The highest BCUT2D eigenvalue weighted by Gasteiger charge is 2.15. The topological polar surface area (TPSA) is 54.8 Å². The van der Waals surface area contributed by atoms with Gasteiger partial charge in [0, 0.05) is 13.1 Å². The van der Waals surface area contributed by atoms with Crippen LogP contribution in [0.25, 0.3) is 0 Å². The summed E-state index contributed by atoms with van der Waals surface area (Å²) in [7, 11) is 1.85. The van der Waals surface area contributed by atoms with Gasteiger partial charge < -0.3 is 10.6 Å². The van der Waals surface area contributed by atoms with E-state index >= 15 is 0 Å². The SMILES string of the molecule is Cn1cnc(CNC(=S)NC2CCCC2)n1. The lowest BCUT2D eigenvalue weighted by atomic mass is 10.3. The number of rotatable bonds is 3. The molecule has 2 rings (SSSR count). The van der Waals surface area contributed by atoms with Crippen LogP contribution in [-0.2, 0) is 13.6 Å². The molecule has 1 aliphatic rings. The van der Waals surface area contributed by atoms with Gasteiger partial charge in [-0.05, 0) is 25.1 Å². The van der Waals surface area contributed by atoms with Crippen LogP contribution in [0.4, 0.5) is 0 Å². The minimum atomic E-state index is 0.552. The van der Waals surface area contributed by atoms with Crippen molar-refractivity contribution in [3.8, 4) is 0 Å². The van der Waals surface area contributed by atoms with E-state index in [1.807, 2.05) is 7.05 Å². The van der Waals surface area contributed by atoms with Crippen molar-refractivity contribution in [3.63, 3.8) is 0 Å². The molecule has 0 saturated heterocycles. The molecule has 0 unspecified atom stereocenters. The van der Waals surface area contributed by atoms with E-state index in [9.17, 15) is 0 Å². The van der Waals surface area contributed by atoms with E-state index in [2.05, 4.69) is 20.7 Å². The molecular formula is C10H17N5S. The maximum absolute atomic E-state index is 5.21. The van der Waals surface area contributed by atoms with Crippen LogP contribution >= 0.6 is 12.2 Å². The van der Waals surface area contributed by atoms with Crippen LogP contribution in [0.5, 0.6) is 0 Å². The molecule has 16 heavy (non-hydrogen) atoms. The molecule has 5 nitrogen and oxygen atoms in total. The lowest BCUT2D eigenvalue weighted by Gasteiger charge is -2.14. The molecule has 1 aromatic heterocycles. The van der Waals surface area contributed by atoms with Crippen molar-refractivity contribution in [2.75, 3.05) is 0 Å². The molecule has 1 aliphatic carbocycles. The first-order valence-corrected chi connectivity index (χ1v) is 6.04. The molecule has 88 valence electrons. The second-order valence-corrected chi connectivity index (χ2v) is 4.55. The Balaban J connectivity index is 1.71. The summed E-state index contributed by atoms with van der Waals surface area (Å²) < 4.78 is 1.68. The predicted molar refractivity (Wildman–Crippen MR) is 65.8 cm³/mol. The normalized spacial score (nSPS) is 16.3. The Labute approximate surface area is 101 Å². The summed E-state index contributed by atoms with van der Waals surface area (Å²) in [5, 5.41) is 11.3. The second-order valence-electron chi connectivity index (χ2n) is 4.14. The third kappa shape index (κ3) is 3.16. The summed E-state index contributed by atoms with van der Waals surface area (Å²) in [6.45, 7) is 0.583. The van der Waals surface area contributed by atoms with Gasteiger partial charge in [-0.25, -0.2) is 4.98 Å². The zero-order valence-corrected chi connectivity index (χ0v) is 10.3. The molecular weight excluding hydrogens is 222 g/mol. The minimum absolute atomic E-state index is 0.552. The van der Waals surface area contributed by atoms with Gasteiger partial charge in [0.1, 0.15) is 6.33 Å². The maximum atomic E-state index is 5.21. The van der Waals surface area contributed by atoms with Gasteiger partial charge in [0.15, 0.2) is 10.9 Å². The van der Waals surface area contributed by atoms with Crippen molar-refractivity contribution in [1.29, 1.82) is 0 Å². The zero-order chi connectivity index (χ0) is 11.4. The van der Waals surface area contributed by atoms with Gasteiger partial charge in [0.25, 0.3) is 0 Å². The molecule has 0 spiro atoms. The van der Waals surface area contributed by atoms with Gasteiger partial charge in [-0.1, -0.05) is 12.8 Å². The van der Waals surface area contributed by atoms with E-state index in [1.54, 1.807) is 11.0 Å². The van der Waals surface area contributed by atoms with Crippen LogP contribution in [0.15, 0.2) is 6.33 Å². The maximum Gasteiger partial charge on any atom is 0.169 e. The Kier molecular flexibility index (Phi) is 3.71. The van der Waals surface area contributed by atoms with Crippen molar-refractivity contribution in [2.45, 2.75) is 38.3 Å². The molecule has 1 heterocycles. The summed E-state index contributed by atoms with van der Waals surface area (Å²) in [5.41, 5.74) is 0. The van der Waals surface area contributed by atoms with Crippen molar-refractivity contribution >= 4 is 17.3 Å². The predicted octanol–water partition coefficient (Wildman–Crippen LogP) is 0.722. The quantitative estimate of drug-likeness (QED) is 0.761. The molecule has 1 saturated carbocycles. The summed E-state index contributed by atoms with van der Waals surface area (Å²) in [6, 6.07) is 0.552. The largest absolute Gasteiger partial charge is 0.360 e. The number of nitrogens with zero attached hydrogens (tertiary/aromatic N) is 3. The molecule has 1 fully saturated rings. The third-order valence-electron chi connectivity index (χ3n) is 2.74. The fraction of sp³-hybridized carbons (Fsp3) is 0.700. The Hall–Kier alpha value is -1.17. The number of aryl methyl sites for hydroxylation is 1. The summed E-state index contributed by atoms with van der Waals surface area (Å²) in [5.74, 6) is 0.762. The fourth-order valence-corrected chi connectivity index (χ4v) is 2.17. The molecule has 0 aromatic carbocycles. The molecule has 2 N–H and O–H groups in total. The van der Waals surface area contributed by atoms with Crippen molar-refractivity contribution < 1.29 is 0 Å². The van der Waals surface area contributed by atoms with Crippen molar-refractivity contribution in [2.24, 2.45) is 7.05 Å². The molecule has 0 bridgehead atoms. The fourth-order valence-electron chi connectivity index (χ4n) is 1.93. The average Bonchev–Trinajstić information content (AvgIpc) is 2.87. The van der Waals surface area contributed by atoms with Crippen molar-refractivity contribution in [3.05, 3.63) is 12.2 Å². The standard InChI is InChI=1S/C10H17N5S/c1-15-7-12-9(14-15)6-11-10(16)13-8-4-2-3-5-8/h7-8H,2-6H2,1H3,(H2,11,13,16). The van der Waals surface area contributed by atoms with Crippen molar-refractivity contribution in [1.82, 2.24) is 25.4 Å². The molecule has 0 amide bonds. The monoisotopic (exact) mass is 239 g/mol. The summed E-state index contributed by atoms with van der Waals surface area (Å²) >= 11 is 5.21. The Bertz CT molecular complexity index is 356. The van der Waals surface area contributed by atoms with E-state index in [0.29, 0.717) is 17.7 Å². The van der Waals surface area contributed by atoms with Gasteiger partial charge in [0.05, 0.1) is 6.54 Å². The number of nitrogens with one attached hydrogen (secondary N) is 2. The smallest absolute Gasteiger partial charge is 0.169 e. The van der Waals surface area contributed by atoms with Gasteiger partial charge in [0.2, 0.25) is 0 Å². The van der Waals surface area contributed by atoms with Gasteiger partial charge in [-0.15, -0.1) is 0 Å². The van der Waals surface area contributed by atoms with Crippen LogP contribution in [-0.4, -0.2) is 25.9 Å². The first-order chi connectivity index (χ1) is 7.74. The van der Waals surface area contributed by atoms with Crippen LogP contribution < -0.4 is 10.6 Å². The Morgan fingerprint density at radius 3 is 2.94 bits per heavy atom. The second kappa shape index (κ2) is 5.25. The lowest BCUT2D eigenvalue weighted by Crippen LogP contribution is -2.40. The summed E-state index contributed by atoms with van der Waals surface area (Å²) in [6.07, 6.45) is 6.75. The van der Waals surface area contributed by atoms with Gasteiger partial charge >= 0.3 is 0 Å². The minimum Gasteiger partial charge on any atom is -0.360 e. The number of hydrogen-bond acceptors (Lipinski definition) is 3. The Morgan fingerprint density at radius 1 is 1.56 bits per heavy atom. The Morgan fingerprint density at radius 2 is 2.31 bits per heavy atom. The molecule has 6 heteroatoms. The van der Waals surface area contributed by atoms with Gasteiger partial charge in [-0.2, -0.15) is 5.10 Å². The highest BCUT2D eigenvalue weighted by atomic mass is 32.1. The van der Waals surface area contributed by atoms with E-state index < -0.39 is 0 Å². The highest BCUT2D eigenvalue weighted by Crippen LogP contribution is 2.17. The average molecular weight is 239 g/mol. The highest BCUT2D eigenvalue weighted by molar-refractivity contribution is 7.80. The zero-order valence-electron chi connectivity index (χ0n) is 9.44. The molecule has 0 aliphatic heterocycles. The molecule has 0 radical (unpaired) electrons. The van der Waals surface area contributed by atoms with E-state index in [1.165, 1.54) is 25.7 Å². The van der Waals surface area contributed by atoms with Crippen LogP contribution in [0, 0.1) is 0 Å². The first kappa shape index (κ1) is 11.3. The van der Waals surface area contributed by atoms with Gasteiger partial charge in [-0.3, -0.25) is 4.68 Å². The van der Waals surface area contributed by atoms with E-state index in [4.69, 9.17) is 12.2 Å². The van der Waals surface area contributed by atoms with E-state index in [0.717, 1.165) is 5.82 Å². The molecule has 0 atom stereocenters. The molecule has 1 aromatic rings. The number of thiocarbonyl (C=S) groups is 1. The van der Waals surface area contributed by atoms with Crippen LogP contribution in [0.2, 0.25) is 0 Å². The van der Waals surface area contributed by atoms with Crippen LogP contribution in [0.1, 0.15) is 31.5 Å². The number of hydrogen-bond donors (Lipinski definition) is 2. The summed E-state index contributed by atoms with van der Waals surface area (Å²) in [4.78, 5) is 4.12.